The lowest BCUT2D eigenvalue weighted by molar-refractivity contribution is -0.115. The number of nitrogens with one attached hydrogen (secondary N) is 2. The van der Waals surface area contributed by atoms with Crippen LogP contribution in [0, 0.1) is 0 Å². The van der Waals surface area contributed by atoms with Gasteiger partial charge in [-0.25, -0.2) is 9.78 Å². The van der Waals surface area contributed by atoms with Crippen LogP contribution in [0.15, 0.2) is 42.5 Å². The molecule has 120 valence electrons. The number of nitrogen functional groups attached to an aromatic ring is 1. The molecule has 0 saturated carbocycles. The Morgan fingerprint density at radius 1 is 1.17 bits per heavy atom. The normalized spacial score (nSPS) is 9.96. The highest BCUT2D eigenvalue weighted by Gasteiger charge is 2.09. The monoisotopic (exact) mass is 334 g/mol. The van der Waals surface area contributed by atoms with Crippen molar-refractivity contribution in [1.29, 1.82) is 0 Å². The van der Waals surface area contributed by atoms with Crippen molar-refractivity contribution < 1.29 is 14.3 Å². The van der Waals surface area contributed by atoms with Crippen LogP contribution >= 0.6 is 11.6 Å². The van der Waals surface area contributed by atoms with E-state index < -0.39 is 12.0 Å². The van der Waals surface area contributed by atoms with Gasteiger partial charge in [-0.2, -0.15) is 0 Å². The SMILES string of the molecule is Nc1nc(Cl)ccc1NC(=O)CNC(=O)OCc1ccccc1. The third-order valence-corrected chi connectivity index (χ3v) is 2.98. The van der Waals surface area contributed by atoms with Gasteiger partial charge in [-0.05, 0) is 17.7 Å². The number of anilines is 2. The molecule has 1 aromatic carbocycles. The maximum atomic E-state index is 11.7. The lowest BCUT2D eigenvalue weighted by atomic mass is 10.2. The molecule has 4 N–H and O–H groups in total. The van der Waals surface area contributed by atoms with E-state index in [0.717, 1.165) is 5.56 Å². The fourth-order valence-corrected chi connectivity index (χ4v) is 1.83. The number of amides is 2. The molecule has 2 aromatic rings. The van der Waals surface area contributed by atoms with E-state index in [-0.39, 0.29) is 24.1 Å². The molecule has 0 saturated heterocycles. The largest absolute Gasteiger partial charge is 0.445 e. The summed E-state index contributed by atoms with van der Waals surface area (Å²) in [5.74, 6) is -0.366. The van der Waals surface area contributed by atoms with Crippen molar-refractivity contribution in [2.24, 2.45) is 0 Å². The fraction of sp³-hybridized carbons (Fsp3) is 0.133. The van der Waals surface area contributed by atoms with Crippen LogP contribution in [-0.4, -0.2) is 23.5 Å². The van der Waals surface area contributed by atoms with Crippen LogP contribution in [0.3, 0.4) is 0 Å². The number of benzene rings is 1. The zero-order chi connectivity index (χ0) is 16.7. The third kappa shape index (κ3) is 5.48. The molecule has 23 heavy (non-hydrogen) atoms. The Labute approximate surface area is 137 Å². The summed E-state index contributed by atoms with van der Waals surface area (Å²) in [7, 11) is 0. The van der Waals surface area contributed by atoms with E-state index in [0.29, 0.717) is 5.69 Å². The molecule has 0 unspecified atom stereocenters. The molecule has 0 spiro atoms. The minimum atomic E-state index is -0.689. The molecule has 2 amide bonds. The van der Waals surface area contributed by atoms with Gasteiger partial charge >= 0.3 is 6.09 Å². The van der Waals surface area contributed by atoms with E-state index in [9.17, 15) is 9.59 Å². The minimum Gasteiger partial charge on any atom is -0.445 e. The molecule has 0 aliphatic heterocycles. The minimum absolute atomic E-state index is 0.0949. The topological polar surface area (TPSA) is 106 Å². The molecule has 0 aliphatic carbocycles. The van der Waals surface area contributed by atoms with Gasteiger partial charge in [0.15, 0.2) is 0 Å². The molecule has 7 nitrogen and oxygen atoms in total. The first-order valence-electron chi connectivity index (χ1n) is 6.71. The summed E-state index contributed by atoms with van der Waals surface area (Å²) < 4.78 is 4.98. The van der Waals surface area contributed by atoms with Gasteiger partial charge in [-0.15, -0.1) is 0 Å². The number of hydrogen-bond acceptors (Lipinski definition) is 5. The standard InChI is InChI=1S/C15H15ClN4O3/c16-12-7-6-11(14(17)20-12)19-13(21)8-18-15(22)23-9-10-4-2-1-3-5-10/h1-7H,8-9H2,(H2,17,20)(H,18,22)(H,19,21). The number of rotatable bonds is 5. The van der Waals surface area contributed by atoms with E-state index in [1.54, 1.807) is 0 Å². The van der Waals surface area contributed by atoms with Gasteiger partial charge in [-0.1, -0.05) is 41.9 Å². The van der Waals surface area contributed by atoms with Crippen LogP contribution in [0.25, 0.3) is 0 Å². The highest BCUT2D eigenvalue weighted by molar-refractivity contribution is 6.29. The van der Waals surface area contributed by atoms with Crippen molar-refractivity contribution >= 4 is 35.1 Å². The summed E-state index contributed by atoms with van der Waals surface area (Å²) in [5.41, 5.74) is 6.79. The number of aromatic nitrogens is 1. The van der Waals surface area contributed by atoms with Gasteiger partial charge in [0.2, 0.25) is 5.91 Å². The Kier molecular flexibility index (Phi) is 5.76. The average Bonchev–Trinajstić information content (AvgIpc) is 2.54. The van der Waals surface area contributed by atoms with Crippen molar-refractivity contribution in [3.05, 3.63) is 53.2 Å². The Hall–Kier alpha value is -2.80. The van der Waals surface area contributed by atoms with Crippen molar-refractivity contribution in [3.63, 3.8) is 0 Å². The number of halogens is 1. The maximum absolute atomic E-state index is 11.7. The number of carbonyl (C=O) groups excluding carboxylic acids is 2. The average molecular weight is 335 g/mol. The summed E-state index contributed by atoms with van der Waals surface area (Å²) in [4.78, 5) is 27.0. The zero-order valence-corrected chi connectivity index (χ0v) is 12.8. The molecule has 0 radical (unpaired) electrons. The molecule has 0 atom stereocenters. The smallest absolute Gasteiger partial charge is 0.407 e. The van der Waals surface area contributed by atoms with Gasteiger partial charge in [-0.3, -0.25) is 4.79 Å². The predicted molar refractivity (Wildman–Crippen MR) is 86.9 cm³/mol. The Bertz CT molecular complexity index is 694. The number of pyridine rings is 1. The first kappa shape index (κ1) is 16.6. The second kappa shape index (κ2) is 8.00. The first-order valence-corrected chi connectivity index (χ1v) is 7.09. The van der Waals surface area contributed by atoms with Gasteiger partial charge in [0.05, 0.1) is 5.69 Å². The zero-order valence-electron chi connectivity index (χ0n) is 12.1. The molecular formula is C15H15ClN4O3. The van der Waals surface area contributed by atoms with Crippen LogP contribution in [0.1, 0.15) is 5.56 Å². The van der Waals surface area contributed by atoms with Gasteiger partial charge in [0.1, 0.15) is 24.1 Å². The number of ether oxygens (including phenoxy) is 1. The van der Waals surface area contributed by atoms with Crippen LogP contribution < -0.4 is 16.4 Å². The molecule has 0 bridgehead atoms. The highest BCUT2D eigenvalue weighted by Crippen LogP contribution is 2.18. The Morgan fingerprint density at radius 3 is 2.61 bits per heavy atom. The summed E-state index contributed by atoms with van der Waals surface area (Å²) >= 11 is 5.66. The quantitative estimate of drug-likeness (QED) is 0.727. The third-order valence-electron chi connectivity index (χ3n) is 2.77. The Morgan fingerprint density at radius 2 is 1.91 bits per heavy atom. The van der Waals surface area contributed by atoms with Crippen LogP contribution in [0.2, 0.25) is 5.15 Å². The summed E-state index contributed by atoms with van der Waals surface area (Å²) in [6.07, 6.45) is -0.689. The van der Waals surface area contributed by atoms with Crippen molar-refractivity contribution in [2.45, 2.75) is 6.61 Å². The first-order chi connectivity index (χ1) is 11.0. The number of carbonyl (C=O) groups is 2. The predicted octanol–water partition coefficient (Wildman–Crippen LogP) is 2.18. The van der Waals surface area contributed by atoms with Crippen molar-refractivity contribution in [1.82, 2.24) is 10.3 Å². The maximum Gasteiger partial charge on any atom is 0.407 e. The van der Waals surface area contributed by atoms with Crippen LogP contribution in [-0.2, 0) is 16.1 Å². The number of hydrogen-bond donors (Lipinski definition) is 3. The van der Waals surface area contributed by atoms with E-state index in [1.165, 1.54) is 12.1 Å². The van der Waals surface area contributed by atoms with E-state index in [2.05, 4.69) is 15.6 Å². The van der Waals surface area contributed by atoms with E-state index in [1.807, 2.05) is 30.3 Å². The van der Waals surface area contributed by atoms with E-state index in [4.69, 9.17) is 22.1 Å². The van der Waals surface area contributed by atoms with Gasteiger partial charge < -0.3 is 21.1 Å². The van der Waals surface area contributed by atoms with Gasteiger partial charge in [0, 0.05) is 0 Å². The van der Waals surface area contributed by atoms with Gasteiger partial charge in [0.25, 0.3) is 0 Å². The summed E-state index contributed by atoms with van der Waals surface area (Å²) in [5, 5.41) is 5.08. The molecule has 0 aliphatic rings. The number of alkyl carbamates (subject to hydrolysis) is 1. The second-order valence-corrected chi connectivity index (χ2v) is 4.92. The molecule has 0 fully saturated rings. The van der Waals surface area contributed by atoms with Crippen molar-refractivity contribution in [2.75, 3.05) is 17.6 Å². The van der Waals surface area contributed by atoms with Crippen LogP contribution in [0.5, 0.6) is 0 Å². The molecule has 1 aromatic heterocycles. The van der Waals surface area contributed by atoms with Crippen LogP contribution in [0.4, 0.5) is 16.3 Å². The van der Waals surface area contributed by atoms with Crippen molar-refractivity contribution in [3.8, 4) is 0 Å². The second-order valence-electron chi connectivity index (χ2n) is 4.53. The number of nitrogens with zero attached hydrogens (tertiary/aromatic N) is 1. The molecule has 1 heterocycles. The lowest BCUT2D eigenvalue weighted by Gasteiger charge is -2.09. The molecule has 2 rings (SSSR count). The lowest BCUT2D eigenvalue weighted by Crippen LogP contribution is -2.33. The fourth-order valence-electron chi connectivity index (χ4n) is 1.68. The summed E-state index contributed by atoms with van der Waals surface area (Å²) in [6, 6.07) is 12.2. The molecular weight excluding hydrogens is 320 g/mol. The number of nitrogens with two attached hydrogens (primary N) is 1. The Balaban J connectivity index is 1.74. The summed E-state index contributed by atoms with van der Waals surface area (Å²) in [6.45, 7) is -0.127. The molecule has 8 heteroatoms. The highest BCUT2D eigenvalue weighted by atomic mass is 35.5. The van der Waals surface area contributed by atoms with E-state index >= 15 is 0 Å².